The number of benzene rings is 2. The summed E-state index contributed by atoms with van der Waals surface area (Å²) in [6.07, 6.45) is 3.18. The van der Waals surface area contributed by atoms with E-state index in [-0.39, 0.29) is 5.78 Å². The second kappa shape index (κ2) is 8.88. The smallest absolute Gasteiger partial charge is 0.185 e. The fourth-order valence-corrected chi connectivity index (χ4v) is 2.43. The first-order chi connectivity index (χ1) is 11.5. The van der Waals surface area contributed by atoms with E-state index in [1.807, 2.05) is 19.0 Å². The molecule has 0 aliphatic heterocycles. The van der Waals surface area contributed by atoms with Gasteiger partial charge in [-0.25, -0.2) is 0 Å². The highest BCUT2D eigenvalue weighted by Crippen LogP contribution is 2.22. The molecule has 0 unspecified atom stereocenters. The number of ether oxygens (including phenoxy) is 1. The Kier molecular flexibility index (Phi) is 6.85. The zero-order chi connectivity index (χ0) is 17.5. The van der Waals surface area contributed by atoms with Gasteiger partial charge in [-0.15, -0.1) is 0 Å². The maximum Gasteiger partial charge on any atom is 0.185 e. The molecule has 0 saturated heterocycles. The van der Waals surface area contributed by atoms with E-state index in [0.717, 1.165) is 17.9 Å². The SMILES string of the molecule is CN(C)CCOc1ccc(C(=O)C=Cc2ccc(Cl)cc2Cl)cc1. The van der Waals surface area contributed by atoms with Crippen molar-refractivity contribution in [1.29, 1.82) is 0 Å². The van der Waals surface area contributed by atoms with Crippen molar-refractivity contribution >= 4 is 35.1 Å². The van der Waals surface area contributed by atoms with E-state index >= 15 is 0 Å². The Labute approximate surface area is 152 Å². The third kappa shape index (κ3) is 5.68. The Morgan fingerprint density at radius 3 is 2.46 bits per heavy atom. The van der Waals surface area contributed by atoms with E-state index < -0.39 is 0 Å². The van der Waals surface area contributed by atoms with Crippen LogP contribution in [0.3, 0.4) is 0 Å². The molecule has 0 spiro atoms. The number of hydrogen-bond donors (Lipinski definition) is 0. The molecule has 0 radical (unpaired) electrons. The Hall–Kier alpha value is -1.81. The Balaban J connectivity index is 1.98. The van der Waals surface area contributed by atoms with Gasteiger partial charge >= 0.3 is 0 Å². The van der Waals surface area contributed by atoms with Gasteiger partial charge in [-0.3, -0.25) is 4.79 Å². The highest BCUT2D eigenvalue weighted by Gasteiger charge is 2.04. The highest BCUT2D eigenvalue weighted by molar-refractivity contribution is 6.35. The molecule has 2 aromatic carbocycles. The van der Waals surface area contributed by atoms with Gasteiger partial charge in [0.25, 0.3) is 0 Å². The van der Waals surface area contributed by atoms with Gasteiger partial charge in [0, 0.05) is 22.2 Å². The number of halogens is 2. The topological polar surface area (TPSA) is 29.5 Å². The summed E-state index contributed by atoms with van der Waals surface area (Å²) in [6, 6.07) is 12.3. The molecular weight excluding hydrogens is 345 g/mol. The number of hydrogen-bond acceptors (Lipinski definition) is 3. The third-order valence-corrected chi connectivity index (χ3v) is 3.89. The fourth-order valence-electron chi connectivity index (χ4n) is 1.96. The van der Waals surface area contributed by atoms with E-state index in [2.05, 4.69) is 0 Å². The lowest BCUT2D eigenvalue weighted by molar-refractivity contribution is 0.104. The first-order valence-electron chi connectivity index (χ1n) is 7.51. The molecule has 0 fully saturated rings. The van der Waals surface area contributed by atoms with Crippen LogP contribution in [0.1, 0.15) is 15.9 Å². The first-order valence-corrected chi connectivity index (χ1v) is 8.26. The second-order valence-corrected chi connectivity index (χ2v) is 6.38. The number of carbonyl (C=O) groups excluding carboxylic acids is 1. The van der Waals surface area contributed by atoms with Crippen LogP contribution in [-0.4, -0.2) is 37.9 Å². The van der Waals surface area contributed by atoms with Gasteiger partial charge in [-0.1, -0.05) is 29.3 Å². The molecule has 0 aromatic heterocycles. The normalized spacial score (nSPS) is 11.2. The number of likely N-dealkylation sites (N-methyl/N-ethyl adjacent to an activating group) is 1. The minimum atomic E-state index is -0.0964. The molecule has 2 aromatic rings. The van der Waals surface area contributed by atoms with Crippen molar-refractivity contribution in [2.75, 3.05) is 27.2 Å². The molecule has 2 rings (SSSR count). The van der Waals surface area contributed by atoms with Crippen LogP contribution in [0.15, 0.2) is 48.5 Å². The average Bonchev–Trinajstić information content (AvgIpc) is 2.54. The molecule has 0 bridgehead atoms. The van der Waals surface area contributed by atoms with Gasteiger partial charge in [0.2, 0.25) is 0 Å². The van der Waals surface area contributed by atoms with Gasteiger partial charge in [0.05, 0.1) is 0 Å². The Bertz CT molecular complexity index is 725. The predicted molar refractivity (Wildman–Crippen MR) is 100 cm³/mol. The van der Waals surface area contributed by atoms with Crippen LogP contribution in [0.2, 0.25) is 10.0 Å². The molecular formula is C19H19Cl2NO2. The van der Waals surface area contributed by atoms with E-state index in [0.29, 0.717) is 22.2 Å². The first kappa shape index (κ1) is 18.5. The van der Waals surface area contributed by atoms with Crippen molar-refractivity contribution in [2.24, 2.45) is 0 Å². The van der Waals surface area contributed by atoms with E-state index in [1.165, 1.54) is 6.08 Å². The second-order valence-electron chi connectivity index (χ2n) is 5.54. The van der Waals surface area contributed by atoms with E-state index in [4.69, 9.17) is 27.9 Å². The van der Waals surface area contributed by atoms with E-state index in [1.54, 1.807) is 48.5 Å². The molecule has 3 nitrogen and oxygen atoms in total. The Morgan fingerprint density at radius 2 is 1.83 bits per heavy atom. The van der Waals surface area contributed by atoms with Crippen molar-refractivity contribution in [1.82, 2.24) is 4.90 Å². The largest absolute Gasteiger partial charge is 0.492 e. The molecule has 24 heavy (non-hydrogen) atoms. The zero-order valence-electron chi connectivity index (χ0n) is 13.6. The van der Waals surface area contributed by atoms with Crippen molar-refractivity contribution in [3.8, 4) is 5.75 Å². The number of nitrogens with zero attached hydrogens (tertiary/aromatic N) is 1. The quantitative estimate of drug-likeness (QED) is 0.521. The van der Waals surface area contributed by atoms with Gasteiger partial charge < -0.3 is 9.64 Å². The molecule has 0 aliphatic carbocycles. The van der Waals surface area contributed by atoms with Crippen molar-refractivity contribution < 1.29 is 9.53 Å². The van der Waals surface area contributed by atoms with Gasteiger partial charge in [0.15, 0.2) is 5.78 Å². The molecule has 0 heterocycles. The summed E-state index contributed by atoms with van der Waals surface area (Å²) < 4.78 is 5.61. The summed E-state index contributed by atoms with van der Waals surface area (Å²) in [5.41, 5.74) is 1.34. The summed E-state index contributed by atoms with van der Waals surface area (Å²) in [5, 5.41) is 1.07. The Morgan fingerprint density at radius 1 is 1.12 bits per heavy atom. The number of ketones is 1. The lowest BCUT2D eigenvalue weighted by Crippen LogP contribution is -2.19. The molecule has 126 valence electrons. The van der Waals surface area contributed by atoms with Crippen LogP contribution < -0.4 is 4.74 Å². The zero-order valence-corrected chi connectivity index (χ0v) is 15.1. The van der Waals surface area contributed by atoms with Crippen molar-refractivity contribution in [2.45, 2.75) is 0 Å². The fraction of sp³-hybridized carbons (Fsp3) is 0.211. The monoisotopic (exact) mass is 363 g/mol. The predicted octanol–water partition coefficient (Wildman–Crippen LogP) is 4.83. The maximum atomic E-state index is 12.2. The van der Waals surface area contributed by atoms with Crippen molar-refractivity contribution in [3.05, 3.63) is 69.7 Å². The minimum absolute atomic E-state index is 0.0964. The third-order valence-electron chi connectivity index (χ3n) is 3.32. The van der Waals surface area contributed by atoms with Gasteiger partial charge in [-0.05, 0) is 68.2 Å². The van der Waals surface area contributed by atoms with Crippen LogP contribution >= 0.6 is 23.2 Å². The average molecular weight is 364 g/mol. The molecule has 0 N–H and O–H groups in total. The van der Waals surface area contributed by atoms with Gasteiger partial charge in [0.1, 0.15) is 12.4 Å². The lowest BCUT2D eigenvalue weighted by Gasteiger charge is -2.11. The summed E-state index contributed by atoms with van der Waals surface area (Å²) in [7, 11) is 3.98. The van der Waals surface area contributed by atoms with Crippen molar-refractivity contribution in [3.63, 3.8) is 0 Å². The molecule has 0 atom stereocenters. The number of rotatable bonds is 7. The summed E-state index contributed by atoms with van der Waals surface area (Å²) >= 11 is 11.9. The van der Waals surface area contributed by atoms with Crippen LogP contribution in [0.5, 0.6) is 5.75 Å². The van der Waals surface area contributed by atoms with E-state index in [9.17, 15) is 4.79 Å². The number of carbonyl (C=O) groups is 1. The molecule has 0 amide bonds. The minimum Gasteiger partial charge on any atom is -0.492 e. The lowest BCUT2D eigenvalue weighted by atomic mass is 10.1. The highest BCUT2D eigenvalue weighted by atomic mass is 35.5. The summed E-state index contributed by atoms with van der Waals surface area (Å²) in [4.78, 5) is 14.3. The standard InChI is InChI=1S/C19H19Cl2NO2/c1-22(2)11-12-24-17-8-4-15(5-9-17)19(23)10-6-14-3-7-16(20)13-18(14)21/h3-10,13H,11-12H2,1-2H3. The molecule has 0 saturated carbocycles. The van der Waals surface area contributed by atoms with Crippen LogP contribution in [0, 0.1) is 0 Å². The molecule has 0 aliphatic rings. The van der Waals surface area contributed by atoms with Crippen LogP contribution in [0.25, 0.3) is 6.08 Å². The van der Waals surface area contributed by atoms with Crippen LogP contribution in [0.4, 0.5) is 0 Å². The molecule has 5 heteroatoms. The van der Waals surface area contributed by atoms with Crippen LogP contribution in [-0.2, 0) is 0 Å². The summed E-state index contributed by atoms with van der Waals surface area (Å²) in [6.45, 7) is 1.44. The maximum absolute atomic E-state index is 12.2. The van der Waals surface area contributed by atoms with Gasteiger partial charge in [-0.2, -0.15) is 0 Å². The number of allylic oxidation sites excluding steroid dienone is 1. The summed E-state index contributed by atoms with van der Waals surface area (Å²) in [5.74, 6) is 0.652.